The van der Waals surface area contributed by atoms with Crippen LogP contribution in [-0.4, -0.2) is 20.7 Å². The van der Waals surface area contributed by atoms with Crippen LogP contribution in [0.3, 0.4) is 0 Å². The molecule has 4 rings (SSSR count). The van der Waals surface area contributed by atoms with Crippen molar-refractivity contribution in [1.29, 1.82) is 0 Å². The van der Waals surface area contributed by atoms with Crippen molar-refractivity contribution in [3.63, 3.8) is 0 Å². The van der Waals surface area contributed by atoms with Gasteiger partial charge < -0.3 is 10.1 Å². The van der Waals surface area contributed by atoms with E-state index < -0.39 is 5.91 Å². The van der Waals surface area contributed by atoms with E-state index in [0.717, 1.165) is 5.56 Å². The third kappa shape index (κ3) is 4.49. The van der Waals surface area contributed by atoms with E-state index >= 15 is 0 Å². The summed E-state index contributed by atoms with van der Waals surface area (Å²) in [7, 11) is 0. The molecule has 2 heterocycles. The van der Waals surface area contributed by atoms with Crippen LogP contribution in [0.1, 0.15) is 35.9 Å². The van der Waals surface area contributed by atoms with Gasteiger partial charge in [0.05, 0.1) is 11.4 Å². The third-order valence-electron chi connectivity index (χ3n) is 4.82. The van der Waals surface area contributed by atoms with Crippen LogP contribution >= 0.6 is 0 Å². The largest absolute Gasteiger partial charge is 0.439 e. The number of nitrogens with one attached hydrogen (secondary N) is 1. The van der Waals surface area contributed by atoms with Crippen molar-refractivity contribution >= 4 is 16.7 Å². The van der Waals surface area contributed by atoms with Gasteiger partial charge in [0.1, 0.15) is 11.6 Å². The summed E-state index contributed by atoms with van der Waals surface area (Å²) in [6.07, 6.45) is 1.56. The normalized spacial score (nSPS) is 11.0. The van der Waals surface area contributed by atoms with Gasteiger partial charge in [-0.1, -0.05) is 18.2 Å². The molecule has 162 valence electrons. The highest BCUT2D eigenvalue weighted by molar-refractivity contribution is 6.04. The molecule has 8 heteroatoms. The predicted molar refractivity (Wildman–Crippen MR) is 118 cm³/mol. The fraction of sp³-hybridized carbons (Fsp3) is 0.167. The second-order valence-corrected chi connectivity index (χ2v) is 7.48. The Labute approximate surface area is 183 Å². The Kier molecular flexibility index (Phi) is 5.93. The molecule has 2 aromatic carbocycles. The van der Waals surface area contributed by atoms with Gasteiger partial charge in [-0.2, -0.15) is 5.10 Å². The van der Waals surface area contributed by atoms with Gasteiger partial charge >= 0.3 is 0 Å². The van der Waals surface area contributed by atoms with Crippen LogP contribution in [0.5, 0.6) is 11.6 Å². The molecule has 0 aliphatic rings. The molecule has 0 bridgehead atoms. The van der Waals surface area contributed by atoms with Crippen LogP contribution in [-0.2, 0) is 6.54 Å². The summed E-state index contributed by atoms with van der Waals surface area (Å²) in [5.41, 5.74) is 0.710. The number of hydrogen-bond acceptors (Lipinski definition) is 5. The molecule has 0 fully saturated rings. The SMILES string of the molecule is CC(C)n1nc(C(=O)NCc2ccnc(Oc3ccc(F)cc3)c2)c2ccccc2c1=O. The maximum absolute atomic E-state index is 13.1. The minimum atomic E-state index is -0.395. The zero-order chi connectivity index (χ0) is 22.7. The molecule has 0 unspecified atom stereocenters. The molecule has 2 aromatic heterocycles. The fourth-order valence-corrected chi connectivity index (χ4v) is 3.23. The molecule has 0 radical (unpaired) electrons. The Balaban J connectivity index is 1.54. The molecule has 1 amide bonds. The van der Waals surface area contributed by atoms with E-state index in [1.807, 2.05) is 13.8 Å². The van der Waals surface area contributed by atoms with Gasteiger partial charge in [-0.3, -0.25) is 9.59 Å². The number of benzene rings is 2. The molecule has 0 saturated carbocycles. The van der Waals surface area contributed by atoms with Gasteiger partial charge in [0, 0.05) is 24.2 Å². The van der Waals surface area contributed by atoms with Crippen LogP contribution in [0.25, 0.3) is 10.8 Å². The minimum Gasteiger partial charge on any atom is -0.439 e. The van der Waals surface area contributed by atoms with Crippen LogP contribution in [0.2, 0.25) is 0 Å². The molecule has 0 aliphatic heterocycles. The van der Waals surface area contributed by atoms with E-state index in [1.54, 1.807) is 42.6 Å². The Morgan fingerprint density at radius 1 is 1.09 bits per heavy atom. The molecule has 0 atom stereocenters. The Morgan fingerprint density at radius 3 is 2.53 bits per heavy atom. The first kappa shape index (κ1) is 21.2. The highest BCUT2D eigenvalue weighted by Crippen LogP contribution is 2.20. The van der Waals surface area contributed by atoms with E-state index in [0.29, 0.717) is 22.4 Å². The molecular weight excluding hydrogens is 411 g/mol. The number of rotatable bonds is 6. The van der Waals surface area contributed by atoms with Crippen LogP contribution in [0.4, 0.5) is 4.39 Å². The number of amides is 1. The van der Waals surface area contributed by atoms with Crippen molar-refractivity contribution in [3.8, 4) is 11.6 Å². The Morgan fingerprint density at radius 2 is 1.81 bits per heavy atom. The zero-order valence-electron chi connectivity index (χ0n) is 17.6. The standard InChI is InChI=1S/C24H21FN4O3/c1-15(2)29-24(31)20-6-4-3-5-19(20)22(28-29)23(30)27-14-16-11-12-26-21(13-16)32-18-9-7-17(25)8-10-18/h3-13,15H,14H2,1-2H3,(H,27,30). The Bertz CT molecular complexity index is 1330. The monoisotopic (exact) mass is 432 g/mol. The summed E-state index contributed by atoms with van der Waals surface area (Å²) in [5, 5.41) is 8.11. The summed E-state index contributed by atoms with van der Waals surface area (Å²) >= 11 is 0. The van der Waals surface area contributed by atoms with Crippen molar-refractivity contribution in [2.75, 3.05) is 0 Å². The minimum absolute atomic E-state index is 0.186. The molecule has 4 aromatic rings. The summed E-state index contributed by atoms with van der Waals surface area (Å²) in [4.78, 5) is 29.8. The van der Waals surface area contributed by atoms with E-state index in [9.17, 15) is 14.0 Å². The van der Waals surface area contributed by atoms with Gasteiger partial charge in [-0.15, -0.1) is 0 Å². The lowest BCUT2D eigenvalue weighted by atomic mass is 10.1. The summed E-state index contributed by atoms with van der Waals surface area (Å²) in [5.74, 6) is 0.0205. The molecule has 0 aliphatic carbocycles. The lowest BCUT2D eigenvalue weighted by Crippen LogP contribution is -2.31. The van der Waals surface area contributed by atoms with Gasteiger partial charge in [-0.05, 0) is 55.8 Å². The number of nitrogens with zero attached hydrogens (tertiary/aromatic N) is 3. The molecule has 0 saturated heterocycles. The van der Waals surface area contributed by atoms with Crippen molar-refractivity contribution in [2.24, 2.45) is 0 Å². The second kappa shape index (κ2) is 8.97. The van der Waals surface area contributed by atoms with Gasteiger partial charge in [0.15, 0.2) is 5.69 Å². The number of aromatic nitrogens is 3. The van der Waals surface area contributed by atoms with Crippen LogP contribution < -0.4 is 15.6 Å². The van der Waals surface area contributed by atoms with Crippen molar-refractivity contribution in [1.82, 2.24) is 20.1 Å². The maximum Gasteiger partial charge on any atom is 0.274 e. The molecule has 7 nitrogen and oxygen atoms in total. The number of carbonyl (C=O) groups excluding carboxylic acids is 1. The lowest BCUT2D eigenvalue weighted by Gasteiger charge is -2.13. The number of ether oxygens (including phenoxy) is 1. The molecule has 1 N–H and O–H groups in total. The van der Waals surface area contributed by atoms with Crippen LogP contribution in [0.15, 0.2) is 71.7 Å². The average Bonchev–Trinajstić information content (AvgIpc) is 2.79. The molecule has 32 heavy (non-hydrogen) atoms. The maximum atomic E-state index is 13.1. The quantitative estimate of drug-likeness (QED) is 0.493. The Hall–Kier alpha value is -4.07. The number of hydrogen-bond donors (Lipinski definition) is 1. The summed E-state index contributed by atoms with van der Waals surface area (Å²) in [6.45, 7) is 3.88. The first-order valence-corrected chi connectivity index (χ1v) is 10.1. The van der Waals surface area contributed by atoms with Gasteiger partial charge in [0.2, 0.25) is 5.88 Å². The smallest absolute Gasteiger partial charge is 0.274 e. The number of halogens is 1. The first-order valence-electron chi connectivity index (χ1n) is 10.1. The highest BCUT2D eigenvalue weighted by atomic mass is 19.1. The number of pyridine rings is 1. The second-order valence-electron chi connectivity index (χ2n) is 7.48. The van der Waals surface area contributed by atoms with E-state index in [-0.39, 0.29) is 29.7 Å². The van der Waals surface area contributed by atoms with Crippen LogP contribution in [0, 0.1) is 5.82 Å². The topological polar surface area (TPSA) is 86.1 Å². The number of fused-ring (bicyclic) bond motifs is 1. The fourth-order valence-electron chi connectivity index (χ4n) is 3.23. The highest BCUT2D eigenvalue weighted by Gasteiger charge is 2.17. The number of carbonyl (C=O) groups is 1. The average molecular weight is 432 g/mol. The van der Waals surface area contributed by atoms with E-state index in [2.05, 4.69) is 15.4 Å². The van der Waals surface area contributed by atoms with E-state index in [1.165, 1.54) is 28.9 Å². The molecular formula is C24H21FN4O3. The lowest BCUT2D eigenvalue weighted by molar-refractivity contribution is 0.0945. The summed E-state index contributed by atoms with van der Waals surface area (Å²) < 4.78 is 20.0. The van der Waals surface area contributed by atoms with Crippen molar-refractivity contribution in [2.45, 2.75) is 26.4 Å². The van der Waals surface area contributed by atoms with E-state index in [4.69, 9.17) is 4.74 Å². The predicted octanol–water partition coefficient (Wildman–Crippen LogP) is 4.23. The molecule has 0 spiro atoms. The van der Waals surface area contributed by atoms with Gasteiger partial charge in [0.25, 0.3) is 11.5 Å². The summed E-state index contributed by atoms with van der Waals surface area (Å²) in [6, 6.07) is 15.8. The van der Waals surface area contributed by atoms with Crippen molar-refractivity contribution < 1.29 is 13.9 Å². The van der Waals surface area contributed by atoms with Gasteiger partial charge in [-0.25, -0.2) is 14.1 Å². The third-order valence-corrected chi connectivity index (χ3v) is 4.82. The first-order chi connectivity index (χ1) is 15.4. The zero-order valence-corrected chi connectivity index (χ0v) is 17.6. The van der Waals surface area contributed by atoms with Crippen molar-refractivity contribution in [3.05, 3.63) is 94.3 Å².